The van der Waals surface area contributed by atoms with Gasteiger partial charge in [0.25, 0.3) is 5.56 Å². The van der Waals surface area contributed by atoms with Crippen LogP contribution in [-0.4, -0.2) is 22.7 Å². The normalized spacial score (nSPS) is 12.1. The van der Waals surface area contributed by atoms with Crippen LogP contribution in [0.15, 0.2) is 71.5 Å². The largest absolute Gasteiger partial charge is 0.454 e. The van der Waals surface area contributed by atoms with E-state index in [4.69, 9.17) is 21.1 Å². The number of benzene rings is 3. The lowest BCUT2D eigenvalue weighted by molar-refractivity contribution is 0.174. The number of aromatic amines is 1. The minimum Gasteiger partial charge on any atom is -0.454 e. The van der Waals surface area contributed by atoms with Crippen LogP contribution in [0.2, 0.25) is 5.02 Å². The molecule has 0 saturated carbocycles. The summed E-state index contributed by atoms with van der Waals surface area (Å²) in [5.74, 6) is 1.29. The topological polar surface area (TPSA) is 83.7 Å². The highest BCUT2D eigenvalue weighted by Gasteiger charge is 2.20. The molecule has 172 valence electrons. The number of carbonyl (C=O) groups excluding carboxylic acids is 1. The van der Waals surface area contributed by atoms with E-state index in [9.17, 15) is 9.59 Å². The van der Waals surface area contributed by atoms with Gasteiger partial charge in [-0.25, -0.2) is 4.79 Å². The van der Waals surface area contributed by atoms with E-state index in [1.165, 1.54) is 0 Å². The summed E-state index contributed by atoms with van der Waals surface area (Å²) in [5.41, 5.74) is 3.35. The molecule has 0 bridgehead atoms. The second-order valence-electron chi connectivity index (χ2n) is 8.12. The molecule has 3 aromatic carbocycles. The fraction of sp³-hybridized carbons (Fsp3) is 0.154. The number of amides is 2. The lowest BCUT2D eigenvalue weighted by Gasteiger charge is -2.24. The Morgan fingerprint density at radius 2 is 1.85 bits per heavy atom. The van der Waals surface area contributed by atoms with Gasteiger partial charge in [0.05, 0.1) is 22.8 Å². The number of halogens is 1. The molecule has 0 unspecified atom stereocenters. The van der Waals surface area contributed by atoms with Gasteiger partial charge in [0.2, 0.25) is 6.79 Å². The molecule has 34 heavy (non-hydrogen) atoms. The number of nitrogens with zero attached hydrogens (tertiary/aromatic N) is 1. The number of hydrogen-bond acceptors (Lipinski definition) is 4. The molecule has 2 heterocycles. The molecular formula is C26H22ClN3O4. The number of aromatic nitrogens is 1. The molecular weight excluding hydrogens is 454 g/mol. The van der Waals surface area contributed by atoms with Crippen molar-refractivity contribution in [2.75, 3.05) is 12.1 Å². The number of H-pyrrole nitrogens is 1. The molecule has 8 heteroatoms. The zero-order valence-electron chi connectivity index (χ0n) is 18.4. The van der Waals surface area contributed by atoms with E-state index in [0.717, 1.165) is 22.0 Å². The summed E-state index contributed by atoms with van der Waals surface area (Å²) in [6, 6.07) is 19.8. The van der Waals surface area contributed by atoms with Crippen LogP contribution in [0.1, 0.15) is 16.7 Å². The first-order chi connectivity index (χ1) is 16.5. The van der Waals surface area contributed by atoms with Gasteiger partial charge in [0.15, 0.2) is 11.5 Å². The number of pyridine rings is 1. The summed E-state index contributed by atoms with van der Waals surface area (Å²) in [7, 11) is 0. The van der Waals surface area contributed by atoms with E-state index in [2.05, 4.69) is 10.3 Å². The standard InChI is InChI=1S/C26H22ClN3O4/c1-16-5-4-6-18-12-19(25(31)29-24(16)18)14-30(26(32)28-21-8-3-2-7-20(21)27)13-17-9-10-22-23(11-17)34-15-33-22/h2-12H,13-15H2,1H3,(H,28,32)(H,29,31). The number of urea groups is 1. The molecule has 0 aliphatic carbocycles. The number of ether oxygens (including phenoxy) is 2. The average Bonchev–Trinajstić information content (AvgIpc) is 3.29. The summed E-state index contributed by atoms with van der Waals surface area (Å²) >= 11 is 6.24. The lowest BCUT2D eigenvalue weighted by Crippen LogP contribution is -2.35. The fourth-order valence-electron chi connectivity index (χ4n) is 3.97. The number of nitrogens with one attached hydrogen (secondary N) is 2. The lowest BCUT2D eigenvalue weighted by atomic mass is 10.1. The molecule has 1 aliphatic heterocycles. The van der Waals surface area contributed by atoms with Crippen LogP contribution >= 0.6 is 11.6 Å². The van der Waals surface area contributed by atoms with E-state index in [0.29, 0.717) is 27.8 Å². The zero-order valence-corrected chi connectivity index (χ0v) is 19.2. The second-order valence-corrected chi connectivity index (χ2v) is 8.52. The SMILES string of the molecule is Cc1cccc2cc(CN(Cc3ccc4c(c3)OCO4)C(=O)Nc3ccccc3Cl)c(=O)[nH]c12. The van der Waals surface area contributed by atoms with Gasteiger partial charge in [0.1, 0.15) is 0 Å². The molecule has 1 aliphatic rings. The molecule has 2 N–H and O–H groups in total. The summed E-state index contributed by atoms with van der Waals surface area (Å²) < 4.78 is 10.9. The number of para-hydroxylation sites is 2. The first kappa shape index (κ1) is 21.9. The molecule has 5 rings (SSSR count). The molecule has 7 nitrogen and oxygen atoms in total. The van der Waals surface area contributed by atoms with Crippen LogP contribution in [0.5, 0.6) is 11.5 Å². The van der Waals surface area contributed by atoms with Crippen molar-refractivity contribution in [1.82, 2.24) is 9.88 Å². The van der Waals surface area contributed by atoms with Crippen LogP contribution in [-0.2, 0) is 13.1 Å². The maximum atomic E-state index is 13.3. The summed E-state index contributed by atoms with van der Waals surface area (Å²) in [6.45, 7) is 2.46. The van der Waals surface area contributed by atoms with Gasteiger partial charge in [-0.1, -0.05) is 48.0 Å². The third-order valence-corrected chi connectivity index (χ3v) is 6.07. The number of aryl methyl sites for hydroxylation is 1. The van der Waals surface area contributed by atoms with Crippen molar-refractivity contribution >= 4 is 34.2 Å². The first-order valence-electron chi connectivity index (χ1n) is 10.8. The van der Waals surface area contributed by atoms with Crippen LogP contribution in [0.3, 0.4) is 0 Å². The Kier molecular flexibility index (Phi) is 5.86. The number of hydrogen-bond donors (Lipinski definition) is 2. The summed E-state index contributed by atoms with van der Waals surface area (Å²) in [6.07, 6.45) is 0. The molecule has 0 fully saturated rings. The van der Waals surface area contributed by atoms with E-state index in [1.54, 1.807) is 29.2 Å². The number of anilines is 1. The minimum atomic E-state index is -0.380. The van der Waals surface area contributed by atoms with Crippen molar-refractivity contribution in [1.29, 1.82) is 0 Å². The summed E-state index contributed by atoms with van der Waals surface area (Å²) in [5, 5.41) is 4.19. The highest BCUT2D eigenvalue weighted by Crippen LogP contribution is 2.33. The zero-order chi connectivity index (χ0) is 23.7. The van der Waals surface area contributed by atoms with Gasteiger partial charge in [0, 0.05) is 12.1 Å². The smallest absolute Gasteiger partial charge is 0.322 e. The van der Waals surface area contributed by atoms with E-state index in [-0.39, 0.29) is 31.5 Å². The third kappa shape index (κ3) is 4.43. The van der Waals surface area contributed by atoms with Crippen molar-refractivity contribution in [3.05, 3.63) is 98.8 Å². The van der Waals surface area contributed by atoms with Gasteiger partial charge in [-0.15, -0.1) is 0 Å². The average molecular weight is 476 g/mol. The van der Waals surface area contributed by atoms with Crippen molar-refractivity contribution in [2.45, 2.75) is 20.0 Å². The highest BCUT2D eigenvalue weighted by atomic mass is 35.5. The van der Waals surface area contributed by atoms with Crippen molar-refractivity contribution in [3.8, 4) is 11.5 Å². The Morgan fingerprint density at radius 1 is 1.03 bits per heavy atom. The predicted molar refractivity (Wildman–Crippen MR) is 132 cm³/mol. The molecule has 2 amide bonds. The Labute approximate surface area is 200 Å². The summed E-state index contributed by atoms with van der Waals surface area (Å²) in [4.78, 5) is 30.7. The quantitative estimate of drug-likeness (QED) is 0.402. The van der Waals surface area contributed by atoms with E-state index in [1.807, 2.05) is 49.4 Å². The Balaban J connectivity index is 1.48. The molecule has 0 radical (unpaired) electrons. The van der Waals surface area contributed by atoms with Gasteiger partial charge < -0.3 is 24.7 Å². The first-order valence-corrected chi connectivity index (χ1v) is 11.2. The van der Waals surface area contributed by atoms with Crippen molar-refractivity contribution < 1.29 is 14.3 Å². The van der Waals surface area contributed by atoms with Gasteiger partial charge in [-0.05, 0) is 53.8 Å². The molecule has 0 atom stereocenters. The second kappa shape index (κ2) is 9.11. The van der Waals surface area contributed by atoms with Crippen LogP contribution in [0, 0.1) is 6.92 Å². The molecule has 4 aromatic rings. The number of fused-ring (bicyclic) bond motifs is 2. The van der Waals surface area contributed by atoms with Gasteiger partial charge in [-0.3, -0.25) is 4.79 Å². The number of carbonyl (C=O) groups is 1. The van der Waals surface area contributed by atoms with Crippen LogP contribution < -0.4 is 20.3 Å². The Morgan fingerprint density at radius 3 is 2.71 bits per heavy atom. The maximum Gasteiger partial charge on any atom is 0.322 e. The Hall–Kier alpha value is -3.97. The highest BCUT2D eigenvalue weighted by molar-refractivity contribution is 6.33. The monoisotopic (exact) mass is 475 g/mol. The minimum absolute atomic E-state index is 0.101. The Bertz CT molecular complexity index is 1450. The van der Waals surface area contributed by atoms with Crippen molar-refractivity contribution in [2.24, 2.45) is 0 Å². The maximum absolute atomic E-state index is 13.3. The predicted octanol–water partition coefficient (Wildman–Crippen LogP) is 5.45. The third-order valence-electron chi connectivity index (χ3n) is 5.74. The van der Waals surface area contributed by atoms with Gasteiger partial charge >= 0.3 is 6.03 Å². The van der Waals surface area contributed by atoms with Crippen molar-refractivity contribution in [3.63, 3.8) is 0 Å². The molecule has 0 saturated heterocycles. The van der Waals surface area contributed by atoms with E-state index >= 15 is 0 Å². The molecule has 0 spiro atoms. The fourth-order valence-corrected chi connectivity index (χ4v) is 4.15. The van der Waals surface area contributed by atoms with E-state index < -0.39 is 0 Å². The van der Waals surface area contributed by atoms with Crippen LogP contribution in [0.4, 0.5) is 10.5 Å². The number of rotatable bonds is 5. The van der Waals surface area contributed by atoms with Crippen LogP contribution in [0.25, 0.3) is 10.9 Å². The molecule has 1 aromatic heterocycles. The van der Waals surface area contributed by atoms with Gasteiger partial charge in [-0.2, -0.15) is 0 Å².